The number of halogens is 3. The van der Waals surface area contributed by atoms with Gasteiger partial charge in [-0.15, -0.1) is 0 Å². The van der Waals surface area contributed by atoms with Crippen molar-refractivity contribution in [3.63, 3.8) is 0 Å². The average molecular weight is 377 g/mol. The highest BCUT2D eigenvalue weighted by Crippen LogP contribution is 2.33. The lowest BCUT2D eigenvalue weighted by molar-refractivity contribution is -0.137. The molecule has 3 aromatic rings. The highest BCUT2D eigenvalue weighted by Gasteiger charge is 2.31. The minimum Gasteiger partial charge on any atom is -0.472 e. The van der Waals surface area contributed by atoms with E-state index in [2.05, 4.69) is 16.8 Å². The van der Waals surface area contributed by atoms with Crippen LogP contribution in [-0.2, 0) is 12.8 Å². The van der Waals surface area contributed by atoms with Crippen LogP contribution >= 0.6 is 0 Å². The fourth-order valence-corrected chi connectivity index (χ4v) is 3.95. The zero-order valence-corrected chi connectivity index (χ0v) is 15.2. The van der Waals surface area contributed by atoms with Gasteiger partial charge in [0.25, 0.3) is 0 Å². The van der Waals surface area contributed by atoms with Gasteiger partial charge in [-0.05, 0) is 43.0 Å². The van der Waals surface area contributed by atoms with E-state index in [4.69, 9.17) is 4.42 Å². The third-order valence-electron chi connectivity index (χ3n) is 5.26. The van der Waals surface area contributed by atoms with Gasteiger partial charge in [0.05, 0.1) is 35.1 Å². The van der Waals surface area contributed by atoms with Crippen molar-refractivity contribution >= 4 is 11.0 Å². The van der Waals surface area contributed by atoms with E-state index in [0.717, 1.165) is 30.8 Å². The maximum Gasteiger partial charge on any atom is 0.416 e. The van der Waals surface area contributed by atoms with E-state index in [1.54, 1.807) is 18.6 Å². The molecule has 1 aliphatic rings. The van der Waals surface area contributed by atoms with Crippen LogP contribution < -0.4 is 0 Å². The summed E-state index contributed by atoms with van der Waals surface area (Å²) in [5.74, 6) is 1.33. The third-order valence-corrected chi connectivity index (χ3v) is 5.26. The summed E-state index contributed by atoms with van der Waals surface area (Å²) in [6.45, 7) is 4.82. The molecular formula is C20H22F3N3O. The van der Waals surface area contributed by atoms with Gasteiger partial charge in [0.1, 0.15) is 12.1 Å². The van der Waals surface area contributed by atoms with Gasteiger partial charge in [-0.2, -0.15) is 13.2 Å². The van der Waals surface area contributed by atoms with E-state index in [9.17, 15) is 13.2 Å². The topological polar surface area (TPSA) is 34.2 Å². The van der Waals surface area contributed by atoms with Crippen LogP contribution in [-0.4, -0.2) is 27.5 Å². The van der Waals surface area contributed by atoms with E-state index in [0.29, 0.717) is 29.4 Å². The van der Waals surface area contributed by atoms with E-state index >= 15 is 0 Å². The number of hydrogen-bond donors (Lipinski definition) is 0. The molecule has 27 heavy (non-hydrogen) atoms. The number of alkyl halides is 3. The zero-order chi connectivity index (χ0) is 19.0. The summed E-state index contributed by atoms with van der Waals surface area (Å²) >= 11 is 0. The van der Waals surface area contributed by atoms with Crippen LogP contribution in [0.1, 0.15) is 31.7 Å². The first-order valence-corrected chi connectivity index (χ1v) is 9.28. The smallest absolute Gasteiger partial charge is 0.416 e. The van der Waals surface area contributed by atoms with Gasteiger partial charge in [-0.1, -0.05) is 13.3 Å². The molecule has 0 saturated carbocycles. The molecule has 0 amide bonds. The predicted molar refractivity (Wildman–Crippen MR) is 97.0 cm³/mol. The maximum absolute atomic E-state index is 13.1. The van der Waals surface area contributed by atoms with Crippen LogP contribution in [0.4, 0.5) is 13.2 Å². The minimum atomic E-state index is -4.38. The number of rotatable bonds is 5. The van der Waals surface area contributed by atoms with E-state index < -0.39 is 11.7 Å². The predicted octanol–water partition coefficient (Wildman–Crippen LogP) is 5.39. The van der Waals surface area contributed by atoms with Crippen molar-refractivity contribution in [2.24, 2.45) is 5.92 Å². The van der Waals surface area contributed by atoms with Gasteiger partial charge in [0.15, 0.2) is 0 Å². The van der Waals surface area contributed by atoms with Gasteiger partial charge in [0.2, 0.25) is 0 Å². The lowest BCUT2D eigenvalue weighted by Crippen LogP contribution is -2.24. The standard InChI is InChI=1S/C20H22F3N3O/c1-2-3-14-6-8-25(11-14)13-26-18-5-4-16(20(21,22)23)10-17(18)24-19(26)15-7-9-27-12-15/h4-5,7,9-10,12,14H,2-3,6,8,11,13H2,1H3. The summed E-state index contributed by atoms with van der Waals surface area (Å²) in [5, 5.41) is 0. The molecule has 0 aliphatic carbocycles. The summed E-state index contributed by atoms with van der Waals surface area (Å²) < 4.78 is 46.4. The van der Waals surface area contributed by atoms with Gasteiger partial charge in [-0.3, -0.25) is 4.90 Å². The van der Waals surface area contributed by atoms with Gasteiger partial charge < -0.3 is 8.98 Å². The Labute approximate surface area is 155 Å². The number of imidazole rings is 1. The minimum absolute atomic E-state index is 0.352. The Kier molecular flexibility index (Phi) is 4.72. The Morgan fingerprint density at radius 3 is 2.81 bits per heavy atom. The second-order valence-electron chi connectivity index (χ2n) is 7.24. The quantitative estimate of drug-likeness (QED) is 0.597. The van der Waals surface area contributed by atoms with Crippen molar-refractivity contribution in [1.29, 1.82) is 0 Å². The monoisotopic (exact) mass is 377 g/mol. The molecule has 1 aromatic carbocycles. The van der Waals surface area contributed by atoms with Crippen LogP contribution in [0.2, 0.25) is 0 Å². The molecule has 0 bridgehead atoms. The Balaban J connectivity index is 1.72. The van der Waals surface area contributed by atoms with Crippen LogP contribution in [0.15, 0.2) is 41.2 Å². The molecule has 2 aromatic heterocycles. The van der Waals surface area contributed by atoms with Crippen molar-refractivity contribution in [3.05, 3.63) is 42.4 Å². The first-order chi connectivity index (χ1) is 13.0. The van der Waals surface area contributed by atoms with Gasteiger partial charge in [0, 0.05) is 13.1 Å². The number of aromatic nitrogens is 2. The first-order valence-electron chi connectivity index (χ1n) is 9.28. The molecule has 4 rings (SSSR count). The number of benzene rings is 1. The second kappa shape index (κ2) is 7.03. The SMILES string of the molecule is CCCC1CCN(Cn2c(-c3ccoc3)nc3cc(C(F)(F)F)ccc32)C1. The highest BCUT2D eigenvalue weighted by atomic mass is 19.4. The molecule has 0 spiro atoms. The summed E-state index contributed by atoms with van der Waals surface area (Å²) in [7, 11) is 0. The molecule has 1 saturated heterocycles. The summed E-state index contributed by atoms with van der Waals surface area (Å²) in [5.41, 5.74) is 1.15. The molecule has 0 N–H and O–H groups in total. The molecule has 1 aliphatic heterocycles. The zero-order valence-electron chi connectivity index (χ0n) is 15.2. The molecule has 4 nitrogen and oxygen atoms in total. The number of furan rings is 1. The summed E-state index contributed by atoms with van der Waals surface area (Å²) in [6, 6.07) is 5.56. The number of hydrogen-bond acceptors (Lipinski definition) is 3. The van der Waals surface area contributed by atoms with Crippen molar-refractivity contribution in [3.8, 4) is 11.4 Å². The van der Waals surface area contributed by atoms with E-state index in [1.165, 1.54) is 25.3 Å². The fourth-order valence-electron chi connectivity index (χ4n) is 3.95. The summed E-state index contributed by atoms with van der Waals surface area (Å²) in [6.07, 6.45) is 2.30. The third kappa shape index (κ3) is 3.60. The lowest BCUT2D eigenvalue weighted by atomic mass is 10.0. The Morgan fingerprint density at radius 1 is 1.26 bits per heavy atom. The normalized spacial score (nSPS) is 18.6. The van der Waals surface area contributed by atoms with Crippen molar-refractivity contribution in [2.45, 2.75) is 39.0 Å². The molecule has 1 unspecified atom stereocenters. The van der Waals surface area contributed by atoms with E-state index in [-0.39, 0.29) is 0 Å². The van der Waals surface area contributed by atoms with Crippen LogP contribution in [0.5, 0.6) is 0 Å². The average Bonchev–Trinajstić information content (AvgIpc) is 3.35. The first kappa shape index (κ1) is 18.1. The molecule has 0 radical (unpaired) electrons. The van der Waals surface area contributed by atoms with Gasteiger partial charge >= 0.3 is 6.18 Å². The van der Waals surface area contributed by atoms with Gasteiger partial charge in [-0.25, -0.2) is 4.98 Å². The maximum atomic E-state index is 13.1. The number of fused-ring (bicyclic) bond motifs is 1. The Morgan fingerprint density at radius 2 is 2.11 bits per heavy atom. The molecule has 1 atom stereocenters. The lowest BCUT2D eigenvalue weighted by Gasteiger charge is -2.19. The molecule has 7 heteroatoms. The molecule has 3 heterocycles. The van der Waals surface area contributed by atoms with Crippen LogP contribution in [0, 0.1) is 5.92 Å². The van der Waals surface area contributed by atoms with Crippen LogP contribution in [0.25, 0.3) is 22.4 Å². The van der Waals surface area contributed by atoms with E-state index in [1.807, 2.05) is 4.57 Å². The molecule has 144 valence electrons. The van der Waals surface area contributed by atoms with Crippen molar-refractivity contribution in [1.82, 2.24) is 14.5 Å². The molecule has 1 fully saturated rings. The van der Waals surface area contributed by atoms with Crippen LogP contribution in [0.3, 0.4) is 0 Å². The number of nitrogens with zero attached hydrogens (tertiary/aromatic N) is 3. The Hall–Kier alpha value is -2.28. The molecular weight excluding hydrogens is 355 g/mol. The van der Waals surface area contributed by atoms with Crippen molar-refractivity contribution in [2.75, 3.05) is 13.1 Å². The largest absolute Gasteiger partial charge is 0.472 e. The fraction of sp³-hybridized carbons (Fsp3) is 0.450. The summed E-state index contributed by atoms with van der Waals surface area (Å²) in [4.78, 5) is 6.85. The second-order valence-corrected chi connectivity index (χ2v) is 7.24. The number of likely N-dealkylation sites (tertiary alicyclic amines) is 1. The highest BCUT2D eigenvalue weighted by molar-refractivity contribution is 5.81. The van der Waals surface area contributed by atoms with Crippen molar-refractivity contribution < 1.29 is 17.6 Å². The Bertz CT molecular complexity index is 915.